The number of piperidine rings is 1. The van der Waals surface area contributed by atoms with Crippen molar-refractivity contribution in [2.75, 3.05) is 29.6 Å². The highest BCUT2D eigenvalue weighted by Gasteiger charge is 2.31. The monoisotopic (exact) mass is 453 g/mol. The number of anilines is 1. The molecule has 0 aliphatic carbocycles. The number of nitrogens with one attached hydrogen (secondary N) is 2. The summed E-state index contributed by atoms with van der Waals surface area (Å²) in [5.41, 5.74) is 2.27. The minimum atomic E-state index is -0.365. The van der Waals surface area contributed by atoms with Gasteiger partial charge in [-0.15, -0.1) is 11.8 Å². The lowest BCUT2D eigenvalue weighted by Gasteiger charge is -2.30. The van der Waals surface area contributed by atoms with Crippen molar-refractivity contribution >= 4 is 51.8 Å². The van der Waals surface area contributed by atoms with Gasteiger partial charge in [-0.3, -0.25) is 19.4 Å². The third kappa shape index (κ3) is 4.34. The van der Waals surface area contributed by atoms with E-state index in [2.05, 4.69) is 10.3 Å². The summed E-state index contributed by atoms with van der Waals surface area (Å²) in [6.45, 7) is 4.17. The van der Waals surface area contributed by atoms with E-state index in [0.717, 1.165) is 18.5 Å². The number of amides is 3. The van der Waals surface area contributed by atoms with Gasteiger partial charge in [-0.1, -0.05) is 6.92 Å². The van der Waals surface area contributed by atoms with Crippen molar-refractivity contribution in [1.29, 1.82) is 5.41 Å². The summed E-state index contributed by atoms with van der Waals surface area (Å²) in [4.78, 5) is 46.0. The fourth-order valence-corrected chi connectivity index (χ4v) is 5.49. The fourth-order valence-electron chi connectivity index (χ4n) is 4.21. The Labute approximate surface area is 191 Å². The molecule has 8 nitrogen and oxygen atoms in total. The van der Waals surface area contributed by atoms with Gasteiger partial charge >= 0.3 is 0 Å². The highest BCUT2D eigenvalue weighted by Crippen LogP contribution is 2.28. The maximum absolute atomic E-state index is 13.0. The quantitative estimate of drug-likeness (QED) is 0.677. The van der Waals surface area contributed by atoms with Crippen LogP contribution in [0.2, 0.25) is 0 Å². The van der Waals surface area contributed by atoms with Crippen molar-refractivity contribution in [1.82, 2.24) is 15.2 Å². The zero-order chi connectivity index (χ0) is 22.8. The number of rotatable bonds is 5. The van der Waals surface area contributed by atoms with Gasteiger partial charge < -0.3 is 20.5 Å². The normalized spacial score (nSPS) is 21.1. The molecule has 3 heterocycles. The molecular formula is C23H27N5O3S. The average Bonchev–Trinajstić information content (AvgIpc) is 3.29. The van der Waals surface area contributed by atoms with Crippen LogP contribution in [0.3, 0.4) is 0 Å². The minimum absolute atomic E-state index is 0.0145. The van der Waals surface area contributed by atoms with E-state index >= 15 is 0 Å². The van der Waals surface area contributed by atoms with Gasteiger partial charge in [0.05, 0.1) is 29.5 Å². The molecule has 2 aromatic rings. The Morgan fingerprint density at radius 2 is 2.12 bits per heavy atom. The Hall–Kier alpha value is -2.94. The van der Waals surface area contributed by atoms with Crippen LogP contribution in [-0.4, -0.2) is 64.1 Å². The summed E-state index contributed by atoms with van der Waals surface area (Å²) in [7, 11) is 0. The summed E-state index contributed by atoms with van der Waals surface area (Å²) >= 11 is 1.61. The van der Waals surface area contributed by atoms with Crippen molar-refractivity contribution in [3.05, 3.63) is 36.0 Å². The molecule has 0 radical (unpaired) electrons. The predicted molar refractivity (Wildman–Crippen MR) is 126 cm³/mol. The molecule has 2 fully saturated rings. The maximum atomic E-state index is 13.0. The Bertz CT molecular complexity index is 1090. The minimum Gasteiger partial charge on any atom is -0.343 e. The number of pyridine rings is 1. The second kappa shape index (κ2) is 9.28. The molecule has 4 rings (SSSR count). The predicted octanol–water partition coefficient (Wildman–Crippen LogP) is 2.67. The van der Waals surface area contributed by atoms with Crippen molar-refractivity contribution in [2.45, 2.75) is 32.7 Å². The fraction of sp³-hybridized carbons (Fsp3) is 0.435. The van der Waals surface area contributed by atoms with Gasteiger partial charge in [-0.25, -0.2) is 0 Å². The SMILES string of the molecule is CC(=N)[C@@H]1CSCN1C(=O)CNC(=O)c1ccnc2ccc(N3CCC[C@H](C)C3=O)cc12. The largest absolute Gasteiger partial charge is 0.343 e. The molecule has 0 saturated carbocycles. The van der Waals surface area contributed by atoms with Gasteiger partial charge in [-0.05, 0) is 44.0 Å². The number of hydrogen-bond donors (Lipinski definition) is 2. The molecule has 1 aromatic heterocycles. The summed E-state index contributed by atoms with van der Waals surface area (Å²) in [5, 5.41) is 11.2. The van der Waals surface area contributed by atoms with Crippen LogP contribution in [0.25, 0.3) is 10.9 Å². The molecule has 0 bridgehead atoms. The summed E-state index contributed by atoms with van der Waals surface area (Å²) in [6, 6.07) is 6.93. The first-order valence-corrected chi connectivity index (χ1v) is 11.9. The van der Waals surface area contributed by atoms with Crippen molar-refractivity contribution in [3.63, 3.8) is 0 Å². The number of fused-ring (bicyclic) bond motifs is 1. The highest BCUT2D eigenvalue weighted by atomic mass is 32.2. The van der Waals surface area contributed by atoms with Crippen LogP contribution in [-0.2, 0) is 9.59 Å². The molecule has 2 atom stereocenters. The van der Waals surface area contributed by atoms with Crippen LogP contribution in [0.4, 0.5) is 5.69 Å². The van der Waals surface area contributed by atoms with Gasteiger partial charge in [-0.2, -0.15) is 0 Å². The molecule has 3 amide bonds. The van der Waals surface area contributed by atoms with E-state index in [-0.39, 0.29) is 36.2 Å². The van der Waals surface area contributed by atoms with Gasteiger partial charge in [0.25, 0.3) is 5.91 Å². The van der Waals surface area contributed by atoms with E-state index in [1.54, 1.807) is 40.7 Å². The lowest BCUT2D eigenvalue weighted by molar-refractivity contribution is -0.129. The molecule has 32 heavy (non-hydrogen) atoms. The van der Waals surface area contributed by atoms with E-state index < -0.39 is 0 Å². The Morgan fingerprint density at radius 1 is 1.31 bits per heavy atom. The molecule has 2 N–H and O–H groups in total. The van der Waals surface area contributed by atoms with Crippen LogP contribution < -0.4 is 10.2 Å². The highest BCUT2D eigenvalue weighted by molar-refractivity contribution is 7.99. The zero-order valence-electron chi connectivity index (χ0n) is 18.3. The van der Waals surface area contributed by atoms with Crippen LogP contribution in [0, 0.1) is 11.3 Å². The molecule has 0 unspecified atom stereocenters. The molecule has 168 valence electrons. The Balaban J connectivity index is 1.53. The number of aromatic nitrogens is 1. The second-order valence-corrected chi connectivity index (χ2v) is 9.34. The summed E-state index contributed by atoms with van der Waals surface area (Å²) in [5.74, 6) is 0.748. The first-order chi connectivity index (χ1) is 15.4. The van der Waals surface area contributed by atoms with Crippen molar-refractivity contribution < 1.29 is 14.4 Å². The molecule has 0 spiro atoms. The van der Waals surface area contributed by atoms with Crippen LogP contribution in [0.15, 0.2) is 30.5 Å². The molecule has 2 aliphatic heterocycles. The average molecular weight is 454 g/mol. The molecule has 1 aromatic carbocycles. The lowest BCUT2D eigenvalue weighted by atomic mass is 9.98. The van der Waals surface area contributed by atoms with Gasteiger partial charge in [0.1, 0.15) is 0 Å². The standard InChI is InChI=1S/C23H27N5O3S/c1-14-4-3-9-27(23(14)31)16-5-6-19-18(10-16)17(7-8-25-19)22(30)26-11-21(29)28-13-32-12-20(28)15(2)24/h5-8,10,14,20,24H,3-4,9,11-13H2,1-2H3,(H,26,30)/t14-,20-/m0/s1. The first-order valence-electron chi connectivity index (χ1n) is 10.8. The third-order valence-corrected chi connectivity index (χ3v) is 7.10. The van der Waals surface area contributed by atoms with E-state index in [4.69, 9.17) is 5.41 Å². The van der Waals surface area contributed by atoms with E-state index in [1.807, 2.05) is 25.1 Å². The van der Waals surface area contributed by atoms with E-state index in [0.29, 0.717) is 40.4 Å². The van der Waals surface area contributed by atoms with Gasteiger partial charge in [0.15, 0.2) is 0 Å². The molecule has 2 aliphatic rings. The Morgan fingerprint density at radius 3 is 2.91 bits per heavy atom. The molecule has 2 saturated heterocycles. The number of carbonyl (C=O) groups is 3. The second-order valence-electron chi connectivity index (χ2n) is 8.34. The number of thioether (sulfide) groups is 1. The first kappa shape index (κ1) is 22.3. The third-order valence-electron chi connectivity index (χ3n) is 6.09. The van der Waals surface area contributed by atoms with Crippen LogP contribution in [0.1, 0.15) is 37.0 Å². The van der Waals surface area contributed by atoms with Crippen LogP contribution >= 0.6 is 11.8 Å². The van der Waals surface area contributed by atoms with Crippen molar-refractivity contribution in [3.8, 4) is 0 Å². The maximum Gasteiger partial charge on any atom is 0.252 e. The Kier molecular flexibility index (Phi) is 6.45. The topological polar surface area (TPSA) is 106 Å². The van der Waals surface area contributed by atoms with Crippen molar-refractivity contribution in [2.24, 2.45) is 5.92 Å². The zero-order valence-corrected chi connectivity index (χ0v) is 19.1. The van der Waals surface area contributed by atoms with Gasteiger partial charge in [0, 0.05) is 41.2 Å². The number of nitrogens with zero attached hydrogens (tertiary/aromatic N) is 3. The number of hydrogen-bond acceptors (Lipinski definition) is 6. The molecular weight excluding hydrogens is 426 g/mol. The van der Waals surface area contributed by atoms with E-state index in [9.17, 15) is 14.4 Å². The summed E-state index contributed by atoms with van der Waals surface area (Å²) < 4.78 is 0. The smallest absolute Gasteiger partial charge is 0.252 e. The number of carbonyl (C=O) groups excluding carboxylic acids is 3. The molecule has 9 heteroatoms. The van der Waals surface area contributed by atoms with Crippen LogP contribution in [0.5, 0.6) is 0 Å². The van der Waals surface area contributed by atoms with E-state index in [1.165, 1.54) is 0 Å². The number of benzene rings is 1. The van der Waals surface area contributed by atoms with Gasteiger partial charge in [0.2, 0.25) is 11.8 Å². The summed E-state index contributed by atoms with van der Waals surface area (Å²) in [6.07, 6.45) is 3.40. The lowest BCUT2D eigenvalue weighted by Crippen LogP contribution is -2.45.